The lowest BCUT2D eigenvalue weighted by Crippen LogP contribution is -2.09. The summed E-state index contributed by atoms with van der Waals surface area (Å²) in [5, 5.41) is 0. The van der Waals surface area contributed by atoms with Crippen LogP contribution in [0.2, 0.25) is 0 Å². The molecule has 0 aliphatic heterocycles. The number of aryl methyl sites for hydroxylation is 1. The Balaban J connectivity index is 2.06. The first-order chi connectivity index (χ1) is 9.08. The molecule has 19 heavy (non-hydrogen) atoms. The summed E-state index contributed by atoms with van der Waals surface area (Å²) in [5.74, 6) is 0.929. The van der Waals surface area contributed by atoms with E-state index >= 15 is 0 Å². The van der Waals surface area contributed by atoms with Gasteiger partial charge < -0.3 is 10.5 Å². The minimum atomic E-state index is 0.419. The molecule has 0 fully saturated rings. The van der Waals surface area contributed by atoms with Gasteiger partial charge in [0, 0.05) is 5.56 Å². The zero-order valence-electron chi connectivity index (χ0n) is 11.1. The van der Waals surface area contributed by atoms with Crippen LogP contribution in [0.1, 0.15) is 22.3 Å². The Morgan fingerprint density at radius 3 is 2.42 bits per heavy atom. The molecule has 0 atom stereocenters. The standard InChI is InChI=1S/C16H17NOS/c1-11-4-3-5-15(12(11)2)18-10-13-6-8-14(9-7-13)16(17)19/h3-9H,10H2,1-2H3,(H2,17,19). The molecule has 2 aromatic carbocycles. The monoisotopic (exact) mass is 271 g/mol. The van der Waals surface area contributed by atoms with Crippen LogP contribution in [0.5, 0.6) is 5.75 Å². The maximum atomic E-state index is 5.84. The van der Waals surface area contributed by atoms with E-state index in [0.29, 0.717) is 11.6 Å². The molecule has 0 aliphatic rings. The molecular weight excluding hydrogens is 254 g/mol. The highest BCUT2D eigenvalue weighted by atomic mass is 32.1. The summed E-state index contributed by atoms with van der Waals surface area (Å²) in [6, 6.07) is 13.9. The Morgan fingerprint density at radius 2 is 1.79 bits per heavy atom. The predicted octanol–water partition coefficient (Wildman–Crippen LogP) is 3.52. The number of ether oxygens (including phenoxy) is 1. The second kappa shape index (κ2) is 5.85. The summed E-state index contributed by atoms with van der Waals surface area (Å²) in [4.78, 5) is 0.419. The van der Waals surface area contributed by atoms with Gasteiger partial charge in [0.1, 0.15) is 17.3 Å². The molecule has 2 N–H and O–H groups in total. The van der Waals surface area contributed by atoms with E-state index in [4.69, 9.17) is 22.7 Å². The van der Waals surface area contributed by atoms with Crippen molar-refractivity contribution in [1.82, 2.24) is 0 Å². The van der Waals surface area contributed by atoms with Crippen molar-refractivity contribution in [2.45, 2.75) is 20.5 Å². The molecule has 98 valence electrons. The molecule has 3 heteroatoms. The van der Waals surface area contributed by atoms with Crippen LogP contribution in [0.3, 0.4) is 0 Å². The first-order valence-corrected chi connectivity index (χ1v) is 6.56. The van der Waals surface area contributed by atoms with Crippen molar-refractivity contribution in [3.05, 3.63) is 64.7 Å². The van der Waals surface area contributed by atoms with E-state index in [1.165, 1.54) is 11.1 Å². The Labute approximate surface area is 119 Å². The zero-order valence-corrected chi connectivity index (χ0v) is 12.0. The lowest BCUT2D eigenvalue weighted by Gasteiger charge is -2.11. The summed E-state index contributed by atoms with van der Waals surface area (Å²) in [7, 11) is 0. The Hall–Kier alpha value is -1.87. The summed E-state index contributed by atoms with van der Waals surface area (Å²) in [6.07, 6.45) is 0. The predicted molar refractivity (Wildman–Crippen MR) is 82.6 cm³/mol. The third-order valence-corrected chi connectivity index (χ3v) is 3.42. The van der Waals surface area contributed by atoms with Gasteiger partial charge in [0.15, 0.2) is 0 Å². The molecule has 0 unspecified atom stereocenters. The highest BCUT2D eigenvalue weighted by Gasteiger charge is 2.02. The van der Waals surface area contributed by atoms with Crippen molar-refractivity contribution >= 4 is 17.2 Å². The Kier molecular flexibility index (Phi) is 4.17. The van der Waals surface area contributed by atoms with E-state index in [1.54, 1.807) is 0 Å². The van der Waals surface area contributed by atoms with Crippen molar-refractivity contribution in [2.75, 3.05) is 0 Å². The highest BCUT2D eigenvalue weighted by molar-refractivity contribution is 7.80. The number of benzene rings is 2. The number of hydrogen-bond acceptors (Lipinski definition) is 2. The molecule has 2 rings (SSSR count). The summed E-state index contributed by atoms with van der Waals surface area (Å²) >= 11 is 4.92. The van der Waals surface area contributed by atoms with Crippen LogP contribution in [0.25, 0.3) is 0 Å². The number of rotatable bonds is 4. The fourth-order valence-electron chi connectivity index (χ4n) is 1.81. The van der Waals surface area contributed by atoms with Crippen LogP contribution in [0.4, 0.5) is 0 Å². The van der Waals surface area contributed by atoms with Crippen molar-refractivity contribution in [1.29, 1.82) is 0 Å². The summed E-state index contributed by atoms with van der Waals surface area (Å²) in [5.41, 5.74) is 9.96. The van der Waals surface area contributed by atoms with Crippen LogP contribution in [0.15, 0.2) is 42.5 Å². The molecule has 0 bridgehead atoms. The number of thiocarbonyl (C=S) groups is 1. The van der Waals surface area contributed by atoms with Gasteiger partial charge >= 0.3 is 0 Å². The third-order valence-electron chi connectivity index (χ3n) is 3.19. The molecule has 2 nitrogen and oxygen atoms in total. The second-order valence-electron chi connectivity index (χ2n) is 4.55. The van der Waals surface area contributed by atoms with Crippen molar-refractivity contribution in [3.63, 3.8) is 0 Å². The second-order valence-corrected chi connectivity index (χ2v) is 4.99. The van der Waals surface area contributed by atoms with Gasteiger partial charge in [-0.25, -0.2) is 0 Å². The average molecular weight is 271 g/mol. The first kappa shape index (κ1) is 13.6. The fraction of sp³-hybridized carbons (Fsp3) is 0.188. The van der Waals surface area contributed by atoms with Gasteiger partial charge in [0.2, 0.25) is 0 Å². The molecule has 0 amide bonds. The van der Waals surface area contributed by atoms with Gasteiger partial charge in [-0.2, -0.15) is 0 Å². The summed E-state index contributed by atoms with van der Waals surface area (Å²) in [6.45, 7) is 4.70. The van der Waals surface area contributed by atoms with E-state index in [9.17, 15) is 0 Å². The van der Waals surface area contributed by atoms with Gasteiger partial charge in [0.25, 0.3) is 0 Å². The quantitative estimate of drug-likeness (QED) is 0.864. The van der Waals surface area contributed by atoms with Gasteiger partial charge in [0.05, 0.1) is 0 Å². The topological polar surface area (TPSA) is 35.2 Å². The van der Waals surface area contributed by atoms with Crippen LogP contribution < -0.4 is 10.5 Å². The molecule has 0 aliphatic carbocycles. The van der Waals surface area contributed by atoms with Gasteiger partial charge in [-0.05, 0) is 36.6 Å². The summed E-state index contributed by atoms with van der Waals surface area (Å²) < 4.78 is 5.84. The fourth-order valence-corrected chi connectivity index (χ4v) is 1.94. The molecule has 0 aromatic heterocycles. The van der Waals surface area contributed by atoms with E-state index in [1.807, 2.05) is 36.4 Å². The lowest BCUT2D eigenvalue weighted by molar-refractivity contribution is 0.304. The molecule has 2 aromatic rings. The molecule has 0 heterocycles. The van der Waals surface area contributed by atoms with E-state index in [0.717, 1.165) is 16.9 Å². The minimum absolute atomic E-state index is 0.419. The zero-order chi connectivity index (χ0) is 13.8. The van der Waals surface area contributed by atoms with E-state index in [2.05, 4.69) is 19.9 Å². The Morgan fingerprint density at radius 1 is 1.11 bits per heavy atom. The average Bonchev–Trinajstić information content (AvgIpc) is 2.41. The molecule has 0 saturated carbocycles. The van der Waals surface area contributed by atoms with Crippen LogP contribution in [-0.2, 0) is 6.61 Å². The molecule has 0 radical (unpaired) electrons. The smallest absolute Gasteiger partial charge is 0.122 e. The van der Waals surface area contributed by atoms with Crippen molar-refractivity contribution in [2.24, 2.45) is 5.73 Å². The van der Waals surface area contributed by atoms with E-state index in [-0.39, 0.29) is 0 Å². The maximum absolute atomic E-state index is 5.84. The normalized spacial score (nSPS) is 10.2. The van der Waals surface area contributed by atoms with Crippen LogP contribution in [0, 0.1) is 13.8 Å². The Bertz CT molecular complexity index is 590. The maximum Gasteiger partial charge on any atom is 0.122 e. The van der Waals surface area contributed by atoms with Crippen molar-refractivity contribution < 1.29 is 4.74 Å². The minimum Gasteiger partial charge on any atom is -0.489 e. The first-order valence-electron chi connectivity index (χ1n) is 6.15. The molecular formula is C16H17NOS. The lowest BCUT2D eigenvalue weighted by atomic mass is 10.1. The van der Waals surface area contributed by atoms with Gasteiger partial charge in [-0.1, -0.05) is 48.6 Å². The van der Waals surface area contributed by atoms with E-state index < -0.39 is 0 Å². The van der Waals surface area contributed by atoms with Crippen LogP contribution in [-0.4, -0.2) is 4.99 Å². The van der Waals surface area contributed by atoms with Crippen LogP contribution >= 0.6 is 12.2 Å². The number of nitrogens with two attached hydrogens (primary N) is 1. The largest absolute Gasteiger partial charge is 0.489 e. The van der Waals surface area contributed by atoms with Crippen molar-refractivity contribution in [3.8, 4) is 5.75 Å². The highest BCUT2D eigenvalue weighted by Crippen LogP contribution is 2.21. The van der Waals surface area contributed by atoms with Gasteiger partial charge in [-0.3, -0.25) is 0 Å². The number of hydrogen-bond donors (Lipinski definition) is 1. The SMILES string of the molecule is Cc1cccc(OCc2ccc(C(N)=S)cc2)c1C. The third kappa shape index (κ3) is 3.32. The molecule has 0 spiro atoms. The molecule has 0 saturated heterocycles. The van der Waals surface area contributed by atoms with Gasteiger partial charge in [-0.15, -0.1) is 0 Å².